The Hall–Kier alpha value is -3.37. The Morgan fingerprint density at radius 3 is 2.70 bits per heavy atom. The van der Waals surface area contributed by atoms with E-state index in [9.17, 15) is 14.9 Å². The van der Waals surface area contributed by atoms with Crippen LogP contribution in [0.2, 0.25) is 0 Å². The van der Waals surface area contributed by atoms with Crippen LogP contribution in [-0.4, -0.2) is 56.0 Å². The minimum absolute atomic E-state index is 0.103. The van der Waals surface area contributed by atoms with Crippen LogP contribution < -0.4 is 15.5 Å². The van der Waals surface area contributed by atoms with E-state index in [0.29, 0.717) is 29.9 Å². The van der Waals surface area contributed by atoms with Crippen LogP contribution in [0.5, 0.6) is 0 Å². The van der Waals surface area contributed by atoms with E-state index in [0.717, 1.165) is 38.3 Å². The third-order valence-corrected chi connectivity index (χ3v) is 5.07. The van der Waals surface area contributed by atoms with E-state index in [-0.39, 0.29) is 11.8 Å². The summed E-state index contributed by atoms with van der Waals surface area (Å²) in [5.74, 6) is -0.257. The summed E-state index contributed by atoms with van der Waals surface area (Å²) in [5.41, 5.74) is 2.77. The first-order chi connectivity index (χ1) is 14.6. The third kappa shape index (κ3) is 5.58. The van der Waals surface area contributed by atoms with Gasteiger partial charge in [-0.05, 0) is 43.7 Å². The van der Waals surface area contributed by atoms with E-state index in [2.05, 4.69) is 26.5 Å². The molecule has 1 saturated heterocycles. The lowest BCUT2D eigenvalue weighted by atomic mass is 10.1. The van der Waals surface area contributed by atoms with Gasteiger partial charge in [0, 0.05) is 44.0 Å². The van der Waals surface area contributed by atoms with Crippen LogP contribution in [0.4, 0.5) is 11.4 Å². The van der Waals surface area contributed by atoms with Crippen molar-refractivity contribution >= 4 is 23.2 Å². The molecule has 1 heterocycles. The second kappa shape index (κ2) is 10.4. The van der Waals surface area contributed by atoms with Crippen LogP contribution in [0.3, 0.4) is 0 Å². The van der Waals surface area contributed by atoms with Crippen molar-refractivity contribution < 1.29 is 9.59 Å². The van der Waals surface area contributed by atoms with Gasteiger partial charge in [-0.15, -0.1) is 0 Å². The smallest absolute Gasteiger partial charge is 0.251 e. The SMILES string of the molecule is CCNC(=O)c1cccc(NC(=O)CN2CCCN(c3ccccc3C#N)CC2)c1. The summed E-state index contributed by atoms with van der Waals surface area (Å²) in [6.45, 7) is 5.89. The zero-order valence-corrected chi connectivity index (χ0v) is 17.2. The van der Waals surface area contributed by atoms with Gasteiger partial charge in [0.15, 0.2) is 0 Å². The van der Waals surface area contributed by atoms with Crippen molar-refractivity contribution in [3.8, 4) is 6.07 Å². The normalized spacial score (nSPS) is 14.5. The molecular formula is C23H27N5O2. The van der Waals surface area contributed by atoms with E-state index in [1.54, 1.807) is 24.3 Å². The van der Waals surface area contributed by atoms with Crippen LogP contribution >= 0.6 is 0 Å². The van der Waals surface area contributed by atoms with Crippen molar-refractivity contribution in [2.24, 2.45) is 0 Å². The molecule has 0 aliphatic carbocycles. The first-order valence-electron chi connectivity index (χ1n) is 10.2. The van der Waals surface area contributed by atoms with Crippen LogP contribution in [0.15, 0.2) is 48.5 Å². The van der Waals surface area contributed by atoms with Gasteiger partial charge in [-0.2, -0.15) is 5.26 Å². The Morgan fingerprint density at radius 1 is 1.07 bits per heavy atom. The average Bonchev–Trinajstić information content (AvgIpc) is 2.99. The number of amides is 2. The molecule has 7 heteroatoms. The van der Waals surface area contributed by atoms with Gasteiger partial charge in [0.25, 0.3) is 5.91 Å². The molecule has 2 aromatic rings. The molecule has 1 aliphatic heterocycles. The fraction of sp³-hybridized carbons (Fsp3) is 0.348. The second-order valence-corrected chi connectivity index (χ2v) is 7.23. The Balaban J connectivity index is 1.56. The highest BCUT2D eigenvalue weighted by Crippen LogP contribution is 2.21. The molecule has 0 bridgehead atoms. The zero-order chi connectivity index (χ0) is 21.3. The third-order valence-electron chi connectivity index (χ3n) is 5.07. The molecule has 0 saturated carbocycles. The summed E-state index contributed by atoms with van der Waals surface area (Å²) in [7, 11) is 0. The maximum Gasteiger partial charge on any atom is 0.251 e. The van der Waals surface area contributed by atoms with Gasteiger partial charge in [-0.1, -0.05) is 18.2 Å². The van der Waals surface area contributed by atoms with E-state index in [1.165, 1.54) is 0 Å². The molecule has 0 radical (unpaired) electrons. The number of carbonyl (C=O) groups excluding carboxylic acids is 2. The Kier molecular flexibility index (Phi) is 7.41. The van der Waals surface area contributed by atoms with Gasteiger partial charge in [0.1, 0.15) is 6.07 Å². The number of carbonyl (C=O) groups is 2. The molecule has 2 amide bonds. The predicted molar refractivity (Wildman–Crippen MR) is 118 cm³/mol. The van der Waals surface area contributed by atoms with Crippen LogP contribution in [0, 0.1) is 11.3 Å². The van der Waals surface area contributed by atoms with Gasteiger partial charge < -0.3 is 15.5 Å². The Morgan fingerprint density at radius 2 is 1.90 bits per heavy atom. The van der Waals surface area contributed by atoms with Gasteiger partial charge in [0.2, 0.25) is 5.91 Å². The molecular weight excluding hydrogens is 378 g/mol. The highest BCUT2D eigenvalue weighted by Gasteiger charge is 2.19. The molecule has 0 spiro atoms. The number of nitrogens with zero attached hydrogens (tertiary/aromatic N) is 3. The fourth-order valence-electron chi connectivity index (χ4n) is 3.62. The molecule has 7 nitrogen and oxygen atoms in total. The van der Waals surface area contributed by atoms with Crippen molar-refractivity contribution in [2.45, 2.75) is 13.3 Å². The number of rotatable bonds is 6. The summed E-state index contributed by atoms with van der Waals surface area (Å²) < 4.78 is 0. The summed E-state index contributed by atoms with van der Waals surface area (Å²) in [5, 5.41) is 15.0. The molecule has 30 heavy (non-hydrogen) atoms. The van der Waals surface area contributed by atoms with Crippen molar-refractivity contribution in [1.82, 2.24) is 10.2 Å². The number of nitrogens with one attached hydrogen (secondary N) is 2. The maximum atomic E-state index is 12.5. The monoisotopic (exact) mass is 405 g/mol. The summed E-state index contributed by atoms with van der Waals surface area (Å²) in [6.07, 6.45) is 0.916. The van der Waals surface area contributed by atoms with Crippen molar-refractivity contribution in [3.05, 3.63) is 59.7 Å². The summed E-state index contributed by atoms with van der Waals surface area (Å²) in [6, 6.07) is 16.8. The molecule has 2 aromatic carbocycles. The van der Waals surface area contributed by atoms with Crippen molar-refractivity contribution in [3.63, 3.8) is 0 Å². The highest BCUT2D eigenvalue weighted by atomic mass is 16.2. The number of hydrogen-bond donors (Lipinski definition) is 2. The number of benzene rings is 2. The van der Waals surface area contributed by atoms with E-state index in [4.69, 9.17) is 0 Å². The molecule has 0 atom stereocenters. The molecule has 156 valence electrons. The second-order valence-electron chi connectivity index (χ2n) is 7.23. The molecule has 1 fully saturated rings. The minimum atomic E-state index is -0.154. The fourth-order valence-corrected chi connectivity index (χ4v) is 3.62. The van der Waals surface area contributed by atoms with Crippen molar-refractivity contribution in [2.75, 3.05) is 49.5 Å². The number of anilines is 2. The van der Waals surface area contributed by atoms with Crippen LogP contribution in [0.1, 0.15) is 29.3 Å². The minimum Gasteiger partial charge on any atom is -0.369 e. The van der Waals surface area contributed by atoms with Gasteiger partial charge in [0.05, 0.1) is 17.8 Å². The van der Waals surface area contributed by atoms with E-state index < -0.39 is 0 Å². The van der Waals surface area contributed by atoms with Gasteiger partial charge in [-0.25, -0.2) is 0 Å². The Bertz CT molecular complexity index is 937. The first kappa shape index (κ1) is 21.3. The molecule has 0 unspecified atom stereocenters. The highest BCUT2D eigenvalue weighted by molar-refractivity contribution is 5.97. The molecule has 3 rings (SSSR count). The number of para-hydroxylation sites is 1. The quantitative estimate of drug-likeness (QED) is 0.771. The van der Waals surface area contributed by atoms with Crippen molar-refractivity contribution in [1.29, 1.82) is 5.26 Å². The number of nitriles is 1. The summed E-state index contributed by atoms with van der Waals surface area (Å²) >= 11 is 0. The Labute approximate surface area is 177 Å². The molecule has 0 aromatic heterocycles. The largest absolute Gasteiger partial charge is 0.369 e. The molecule has 1 aliphatic rings. The molecule has 2 N–H and O–H groups in total. The average molecular weight is 406 g/mol. The lowest BCUT2D eigenvalue weighted by Crippen LogP contribution is -2.36. The first-order valence-corrected chi connectivity index (χ1v) is 10.2. The predicted octanol–water partition coefficient (Wildman–Crippen LogP) is 2.46. The summed E-state index contributed by atoms with van der Waals surface area (Å²) in [4.78, 5) is 28.9. The zero-order valence-electron chi connectivity index (χ0n) is 17.2. The van der Waals surface area contributed by atoms with E-state index >= 15 is 0 Å². The number of hydrogen-bond acceptors (Lipinski definition) is 5. The lowest BCUT2D eigenvalue weighted by molar-refractivity contribution is -0.117. The standard InChI is InChI=1S/C23H27N5O2/c1-2-25-23(30)18-8-5-9-20(15-18)26-22(29)17-27-11-6-12-28(14-13-27)21-10-4-3-7-19(21)16-24/h3-5,7-10,15H,2,6,11-14,17H2,1H3,(H,25,30)(H,26,29). The topological polar surface area (TPSA) is 88.5 Å². The maximum absolute atomic E-state index is 12.5. The van der Waals surface area contributed by atoms with E-state index in [1.807, 2.05) is 31.2 Å². The lowest BCUT2D eigenvalue weighted by Gasteiger charge is -2.24. The van der Waals surface area contributed by atoms with Gasteiger partial charge >= 0.3 is 0 Å². The van der Waals surface area contributed by atoms with Crippen LogP contribution in [0.25, 0.3) is 0 Å². The van der Waals surface area contributed by atoms with Gasteiger partial charge in [-0.3, -0.25) is 14.5 Å². The van der Waals surface area contributed by atoms with Crippen LogP contribution in [-0.2, 0) is 4.79 Å².